The summed E-state index contributed by atoms with van der Waals surface area (Å²) >= 11 is 1.68. The number of aliphatic hydroxyl groups is 1. The Labute approximate surface area is 107 Å². The number of aryl methyl sites for hydroxylation is 2. The topological polar surface area (TPSA) is 20.2 Å². The van der Waals surface area contributed by atoms with Gasteiger partial charge in [0, 0.05) is 9.75 Å². The van der Waals surface area contributed by atoms with Gasteiger partial charge in [0.25, 0.3) is 0 Å². The molecule has 0 atom stereocenters. The monoisotopic (exact) mass is 246 g/mol. The lowest BCUT2D eigenvalue weighted by Crippen LogP contribution is -1.93. The summed E-state index contributed by atoms with van der Waals surface area (Å²) in [5, 5.41) is 9.16. The van der Waals surface area contributed by atoms with Crippen LogP contribution < -0.4 is 0 Å². The number of hydrogen-bond acceptors (Lipinski definition) is 2. The molecule has 0 unspecified atom stereocenters. The molecule has 0 radical (unpaired) electrons. The second kappa shape index (κ2) is 4.63. The molecule has 0 aliphatic rings. The van der Waals surface area contributed by atoms with Crippen molar-refractivity contribution in [3.05, 3.63) is 45.3 Å². The number of benzene rings is 1. The maximum atomic E-state index is 9.16. The Morgan fingerprint density at radius 3 is 2.06 bits per heavy atom. The zero-order chi connectivity index (χ0) is 12.6. The number of hydrogen-bond donors (Lipinski definition) is 1. The fraction of sp³-hybridized carbons (Fsp3) is 0.333. The van der Waals surface area contributed by atoms with Crippen molar-refractivity contribution >= 4 is 11.3 Å². The molecule has 0 spiro atoms. The fourth-order valence-corrected chi connectivity index (χ4v) is 3.21. The summed E-state index contributed by atoms with van der Waals surface area (Å²) in [5.41, 5.74) is 6.70. The molecule has 2 heteroatoms. The molecule has 1 heterocycles. The van der Waals surface area contributed by atoms with Crippen LogP contribution in [0.25, 0.3) is 10.4 Å². The van der Waals surface area contributed by atoms with Gasteiger partial charge in [0.2, 0.25) is 0 Å². The molecule has 0 saturated heterocycles. The SMILES string of the molecule is Cc1cc(C)c(C)c(-c2ccc(CO)s2)c1C. The Bertz CT molecular complexity index is 526. The Balaban J connectivity index is 2.65. The lowest BCUT2D eigenvalue weighted by Gasteiger charge is -2.13. The minimum Gasteiger partial charge on any atom is -0.391 e. The molecule has 1 nitrogen and oxygen atoms in total. The van der Waals surface area contributed by atoms with Gasteiger partial charge in [-0.15, -0.1) is 11.3 Å². The van der Waals surface area contributed by atoms with E-state index in [1.807, 2.05) is 6.07 Å². The zero-order valence-electron chi connectivity index (χ0n) is 10.8. The molecule has 0 fully saturated rings. The van der Waals surface area contributed by atoms with Crippen LogP contribution in [0.2, 0.25) is 0 Å². The zero-order valence-corrected chi connectivity index (χ0v) is 11.6. The predicted octanol–water partition coefficient (Wildman–Crippen LogP) is 4.14. The summed E-state index contributed by atoms with van der Waals surface area (Å²) in [5.74, 6) is 0. The van der Waals surface area contributed by atoms with E-state index in [0.29, 0.717) is 0 Å². The van der Waals surface area contributed by atoms with E-state index in [2.05, 4.69) is 39.8 Å². The van der Waals surface area contributed by atoms with E-state index in [9.17, 15) is 0 Å². The quantitative estimate of drug-likeness (QED) is 0.844. The maximum Gasteiger partial charge on any atom is 0.0774 e. The van der Waals surface area contributed by atoms with E-state index in [0.717, 1.165) is 4.88 Å². The molecule has 1 aromatic carbocycles. The van der Waals surface area contributed by atoms with Gasteiger partial charge < -0.3 is 5.11 Å². The predicted molar refractivity (Wildman–Crippen MR) is 74.6 cm³/mol. The molecule has 0 saturated carbocycles. The van der Waals surface area contributed by atoms with Crippen molar-refractivity contribution in [1.82, 2.24) is 0 Å². The highest BCUT2D eigenvalue weighted by Gasteiger charge is 2.12. The van der Waals surface area contributed by atoms with Crippen molar-refractivity contribution in [3.63, 3.8) is 0 Å². The van der Waals surface area contributed by atoms with Crippen LogP contribution in [-0.4, -0.2) is 5.11 Å². The molecule has 0 amide bonds. The van der Waals surface area contributed by atoms with Crippen molar-refractivity contribution in [2.45, 2.75) is 34.3 Å². The third-order valence-corrected chi connectivity index (χ3v) is 4.52. The molecule has 90 valence electrons. The Kier molecular flexibility index (Phi) is 3.36. The molecule has 2 rings (SSSR count). The van der Waals surface area contributed by atoms with Gasteiger partial charge >= 0.3 is 0 Å². The number of thiophene rings is 1. The van der Waals surface area contributed by atoms with E-state index in [-0.39, 0.29) is 6.61 Å². The average molecular weight is 246 g/mol. The number of rotatable bonds is 2. The van der Waals surface area contributed by atoms with Crippen molar-refractivity contribution in [2.24, 2.45) is 0 Å². The van der Waals surface area contributed by atoms with Crippen LogP contribution in [0.15, 0.2) is 18.2 Å². The van der Waals surface area contributed by atoms with Crippen LogP contribution in [0.3, 0.4) is 0 Å². The lowest BCUT2D eigenvalue weighted by atomic mass is 9.93. The van der Waals surface area contributed by atoms with E-state index in [4.69, 9.17) is 5.11 Å². The van der Waals surface area contributed by atoms with Crippen LogP contribution in [0.5, 0.6) is 0 Å². The third-order valence-electron chi connectivity index (χ3n) is 3.43. The van der Waals surface area contributed by atoms with Gasteiger partial charge in [-0.2, -0.15) is 0 Å². The summed E-state index contributed by atoms with van der Waals surface area (Å²) in [6.45, 7) is 8.80. The molecule has 0 aliphatic heterocycles. The van der Waals surface area contributed by atoms with E-state index in [1.54, 1.807) is 11.3 Å². The van der Waals surface area contributed by atoms with Gasteiger partial charge in [0.15, 0.2) is 0 Å². The van der Waals surface area contributed by atoms with Crippen molar-refractivity contribution < 1.29 is 5.11 Å². The second-order valence-corrected chi connectivity index (χ2v) is 5.73. The first-order chi connectivity index (χ1) is 8.04. The van der Waals surface area contributed by atoms with Crippen LogP contribution in [-0.2, 0) is 6.61 Å². The lowest BCUT2D eigenvalue weighted by molar-refractivity contribution is 0.285. The first-order valence-corrected chi connectivity index (χ1v) is 6.63. The largest absolute Gasteiger partial charge is 0.391 e. The smallest absolute Gasteiger partial charge is 0.0774 e. The van der Waals surface area contributed by atoms with Crippen molar-refractivity contribution in [2.75, 3.05) is 0 Å². The van der Waals surface area contributed by atoms with Crippen molar-refractivity contribution in [3.8, 4) is 10.4 Å². The van der Waals surface area contributed by atoms with Gasteiger partial charge in [-0.05, 0) is 67.6 Å². The van der Waals surface area contributed by atoms with Crippen LogP contribution in [0, 0.1) is 27.7 Å². The summed E-state index contributed by atoms with van der Waals surface area (Å²) in [4.78, 5) is 2.29. The van der Waals surface area contributed by atoms with Crippen molar-refractivity contribution in [1.29, 1.82) is 0 Å². The van der Waals surface area contributed by atoms with Crippen LogP contribution in [0.1, 0.15) is 27.1 Å². The number of aliphatic hydroxyl groups excluding tert-OH is 1. The molecule has 2 aromatic rings. The van der Waals surface area contributed by atoms with E-state index in [1.165, 1.54) is 32.7 Å². The summed E-state index contributed by atoms with van der Waals surface area (Å²) < 4.78 is 0. The maximum absolute atomic E-state index is 9.16. The molecular weight excluding hydrogens is 228 g/mol. The molecule has 1 aromatic heterocycles. The molecule has 0 aliphatic carbocycles. The normalized spacial score (nSPS) is 10.9. The minimum absolute atomic E-state index is 0.132. The Morgan fingerprint density at radius 2 is 1.59 bits per heavy atom. The molecule has 0 bridgehead atoms. The van der Waals surface area contributed by atoms with Gasteiger partial charge in [-0.1, -0.05) is 6.07 Å². The fourth-order valence-electron chi connectivity index (χ4n) is 2.18. The summed E-state index contributed by atoms with van der Waals surface area (Å²) in [6, 6.07) is 6.37. The molecule has 17 heavy (non-hydrogen) atoms. The highest BCUT2D eigenvalue weighted by atomic mass is 32.1. The standard InChI is InChI=1S/C15H18OS/c1-9-7-10(2)12(4)15(11(9)3)14-6-5-13(8-16)17-14/h5-7,16H,8H2,1-4H3. The van der Waals surface area contributed by atoms with Gasteiger partial charge in [-0.3, -0.25) is 0 Å². The summed E-state index contributed by atoms with van der Waals surface area (Å²) in [6.07, 6.45) is 0. The molecule has 1 N–H and O–H groups in total. The Morgan fingerprint density at radius 1 is 1.00 bits per heavy atom. The van der Waals surface area contributed by atoms with Crippen LogP contribution in [0.4, 0.5) is 0 Å². The van der Waals surface area contributed by atoms with E-state index >= 15 is 0 Å². The van der Waals surface area contributed by atoms with Gasteiger partial charge in [-0.25, -0.2) is 0 Å². The summed E-state index contributed by atoms with van der Waals surface area (Å²) in [7, 11) is 0. The average Bonchev–Trinajstić information content (AvgIpc) is 2.75. The van der Waals surface area contributed by atoms with E-state index < -0.39 is 0 Å². The minimum atomic E-state index is 0.132. The Hall–Kier alpha value is -1.12. The highest BCUT2D eigenvalue weighted by molar-refractivity contribution is 7.15. The third kappa shape index (κ3) is 2.15. The van der Waals surface area contributed by atoms with Gasteiger partial charge in [0.05, 0.1) is 6.61 Å². The van der Waals surface area contributed by atoms with Gasteiger partial charge in [0.1, 0.15) is 0 Å². The highest BCUT2D eigenvalue weighted by Crippen LogP contribution is 2.35. The first-order valence-electron chi connectivity index (χ1n) is 5.82. The first kappa shape index (κ1) is 12.3. The van der Waals surface area contributed by atoms with Crippen LogP contribution >= 0.6 is 11.3 Å². The molecular formula is C15H18OS. The second-order valence-electron chi connectivity index (χ2n) is 4.56.